The zero-order valence-electron chi connectivity index (χ0n) is 14.7. The van der Waals surface area contributed by atoms with Crippen LogP contribution in [0.4, 0.5) is 0 Å². The molecule has 3 heterocycles. The molecule has 0 aliphatic carbocycles. The summed E-state index contributed by atoms with van der Waals surface area (Å²) in [5, 5.41) is 3.14. The Morgan fingerprint density at radius 3 is 2.68 bits per heavy atom. The highest BCUT2D eigenvalue weighted by atomic mass is 16.1. The Bertz CT molecular complexity index is 975. The van der Waals surface area contributed by atoms with Crippen LogP contribution in [0, 0.1) is 20.8 Å². The summed E-state index contributed by atoms with van der Waals surface area (Å²) in [5.74, 6) is 1.04. The zero-order valence-corrected chi connectivity index (χ0v) is 14.7. The van der Waals surface area contributed by atoms with Gasteiger partial charge in [0.15, 0.2) is 0 Å². The maximum Gasteiger partial charge on any atom is 0.251 e. The summed E-state index contributed by atoms with van der Waals surface area (Å²) in [6.07, 6.45) is 3.85. The molecule has 1 atom stereocenters. The fourth-order valence-corrected chi connectivity index (χ4v) is 3.34. The summed E-state index contributed by atoms with van der Waals surface area (Å²) < 4.78 is 2.14. The van der Waals surface area contributed by atoms with Crippen LogP contribution in [0.5, 0.6) is 0 Å². The number of hydrogen-bond donors (Lipinski definition) is 1. The van der Waals surface area contributed by atoms with Crippen molar-refractivity contribution in [2.75, 3.05) is 0 Å². The van der Waals surface area contributed by atoms with E-state index >= 15 is 0 Å². The van der Waals surface area contributed by atoms with Crippen LogP contribution in [0.15, 0.2) is 24.4 Å². The number of nitrogens with zero attached hydrogens (tertiary/aromatic N) is 4. The molecule has 0 saturated heterocycles. The summed E-state index contributed by atoms with van der Waals surface area (Å²) in [6.45, 7) is 6.64. The van der Waals surface area contributed by atoms with Crippen LogP contribution in [-0.4, -0.2) is 31.5 Å². The third kappa shape index (κ3) is 2.99. The Labute approximate surface area is 146 Å². The predicted molar refractivity (Wildman–Crippen MR) is 95.6 cm³/mol. The molecule has 0 fully saturated rings. The molecule has 1 N–H and O–H groups in total. The number of nitrogens with one attached hydrogen (secondary N) is 1. The van der Waals surface area contributed by atoms with Crippen molar-refractivity contribution < 1.29 is 4.79 Å². The van der Waals surface area contributed by atoms with E-state index < -0.39 is 0 Å². The van der Waals surface area contributed by atoms with Gasteiger partial charge < -0.3 is 9.88 Å². The van der Waals surface area contributed by atoms with Gasteiger partial charge in [-0.15, -0.1) is 0 Å². The van der Waals surface area contributed by atoms with E-state index in [1.807, 2.05) is 45.2 Å². The number of aryl methyl sites for hydroxylation is 4. The van der Waals surface area contributed by atoms with Crippen molar-refractivity contribution in [3.05, 3.63) is 52.9 Å². The van der Waals surface area contributed by atoms with Gasteiger partial charge in [-0.2, -0.15) is 0 Å². The molecule has 1 aliphatic heterocycles. The van der Waals surface area contributed by atoms with Crippen molar-refractivity contribution in [1.82, 2.24) is 24.8 Å². The fraction of sp³-hybridized carbons (Fsp3) is 0.368. The number of fused-ring (bicyclic) bond motifs is 2. The van der Waals surface area contributed by atoms with Gasteiger partial charge in [0.2, 0.25) is 0 Å². The number of rotatable bonds is 2. The van der Waals surface area contributed by atoms with Crippen molar-refractivity contribution in [3.63, 3.8) is 0 Å². The molecule has 1 amide bonds. The standard InChI is InChI=1S/C19H21N5O/c1-11-9-24-10-15(5-7-18(24)20-11)23-19(25)14-4-6-16-17(8-14)22-13(3)12(2)21-16/h4,6,8-9,15H,5,7,10H2,1-3H3,(H,23,25). The van der Waals surface area contributed by atoms with Crippen LogP contribution >= 0.6 is 0 Å². The molecule has 1 unspecified atom stereocenters. The second-order valence-corrected chi connectivity index (χ2v) is 6.76. The van der Waals surface area contributed by atoms with Crippen molar-refractivity contribution in [2.24, 2.45) is 0 Å². The summed E-state index contributed by atoms with van der Waals surface area (Å²) in [7, 11) is 0. The van der Waals surface area contributed by atoms with Crippen LogP contribution in [-0.2, 0) is 13.0 Å². The highest BCUT2D eigenvalue weighted by Crippen LogP contribution is 2.17. The zero-order chi connectivity index (χ0) is 17.6. The topological polar surface area (TPSA) is 72.7 Å². The maximum atomic E-state index is 12.6. The third-order valence-corrected chi connectivity index (χ3v) is 4.79. The molecule has 1 aromatic carbocycles. The second-order valence-electron chi connectivity index (χ2n) is 6.76. The van der Waals surface area contributed by atoms with Crippen molar-refractivity contribution in [1.29, 1.82) is 0 Å². The lowest BCUT2D eigenvalue weighted by Gasteiger charge is -2.24. The van der Waals surface area contributed by atoms with Crippen molar-refractivity contribution in [3.8, 4) is 0 Å². The smallest absolute Gasteiger partial charge is 0.251 e. The predicted octanol–water partition coefficient (Wildman–Crippen LogP) is 2.50. The monoisotopic (exact) mass is 335 g/mol. The van der Waals surface area contributed by atoms with Crippen molar-refractivity contribution in [2.45, 2.75) is 46.2 Å². The second kappa shape index (κ2) is 5.95. The highest BCUT2D eigenvalue weighted by Gasteiger charge is 2.21. The normalized spacial score (nSPS) is 16.7. The Hall–Kier alpha value is -2.76. The van der Waals surface area contributed by atoms with Crippen LogP contribution in [0.25, 0.3) is 11.0 Å². The number of amides is 1. The minimum absolute atomic E-state index is 0.0628. The molecule has 2 aromatic heterocycles. The molecule has 128 valence electrons. The number of hydrogen-bond acceptors (Lipinski definition) is 4. The SMILES string of the molecule is Cc1cn2c(n1)CCC(NC(=O)c1ccc3nc(C)c(C)nc3c1)C2. The van der Waals surface area contributed by atoms with Gasteiger partial charge in [-0.1, -0.05) is 0 Å². The van der Waals surface area contributed by atoms with E-state index in [0.717, 1.165) is 53.3 Å². The van der Waals surface area contributed by atoms with Crippen LogP contribution in [0.2, 0.25) is 0 Å². The van der Waals surface area contributed by atoms with Gasteiger partial charge in [-0.05, 0) is 45.4 Å². The number of benzene rings is 1. The molecule has 3 aromatic rings. The number of aromatic nitrogens is 4. The molecule has 0 bridgehead atoms. The van der Waals surface area contributed by atoms with E-state index in [0.29, 0.717) is 5.56 Å². The Kier molecular flexibility index (Phi) is 3.75. The van der Waals surface area contributed by atoms with E-state index in [9.17, 15) is 4.79 Å². The minimum atomic E-state index is -0.0628. The number of imidazole rings is 1. The lowest BCUT2D eigenvalue weighted by molar-refractivity contribution is 0.0927. The minimum Gasteiger partial charge on any atom is -0.347 e. The molecule has 4 rings (SSSR count). The Balaban J connectivity index is 1.53. The van der Waals surface area contributed by atoms with Gasteiger partial charge in [0.05, 0.1) is 28.1 Å². The summed E-state index contributed by atoms with van der Waals surface area (Å²) in [4.78, 5) is 26.2. The third-order valence-electron chi connectivity index (χ3n) is 4.79. The lowest BCUT2D eigenvalue weighted by Crippen LogP contribution is -2.40. The maximum absolute atomic E-state index is 12.6. The van der Waals surface area contributed by atoms with Gasteiger partial charge >= 0.3 is 0 Å². The van der Waals surface area contributed by atoms with E-state index in [1.165, 1.54) is 0 Å². The average Bonchev–Trinajstić information content (AvgIpc) is 2.94. The Morgan fingerprint density at radius 2 is 1.88 bits per heavy atom. The molecule has 0 radical (unpaired) electrons. The first-order chi connectivity index (χ1) is 12.0. The molecule has 25 heavy (non-hydrogen) atoms. The molecule has 1 aliphatic rings. The molecule has 6 heteroatoms. The van der Waals surface area contributed by atoms with E-state index in [4.69, 9.17) is 0 Å². The van der Waals surface area contributed by atoms with Gasteiger partial charge in [0.25, 0.3) is 5.91 Å². The quantitative estimate of drug-likeness (QED) is 0.781. The van der Waals surface area contributed by atoms with Gasteiger partial charge in [-0.3, -0.25) is 4.79 Å². The average molecular weight is 335 g/mol. The molecular formula is C19H21N5O. The summed E-state index contributed by atoms with van der Waals surface area (Å²) in [5.41, 5.74) is 5.03. The van der Waals surface area contributed by atoms with Crippen LogP contribution < -0.4 is 5.32 Å². The van der Waals surface area contributed by atoms with Gasteiger partial charge in [-0.25, -0.2) is 15.0 Å². The number of carbonyl (C=O) groups is 1. The first-order valence-corrected chi connectivity index (χ1v) is 8.58. The highest BCUT2D eigenvalue weighted by molar-refractivity contribution is 5.97. The summed E-state index contributed by atoms with van der Waals surface area (Å²) >= 11 is 0. The Morgan fingerprint density at radius 1 is 1.12 bits per heavy atom. The van der Waals surface area contributed by atoms with Gasteiger partial charge in [0, 0.05) is 30.8 Å². The molecule has 0 saturated carbocycles. The van der Waals surface area contributed by atoms with Crippen LogP contribution in [0.1, 0.15) is 39.7 Å². The first kappa shape index (κ1) is 15.7. The molecule has 6 nitrogen and oxygen atoms in total. The summed E-state index contributed by atoms with van der Waals surface area (Å²) in [6, 6.07) is 5.62. The van der Waals surface area contributed by atoms with E-state index in [1.54, 1.807) is 0 Å². The molecule has 0 spiro atoms. The lowest BCUT2D eigenvalue weighted by atomic mass is 10.1. The van der Waals surface area contributed by atoms with E-state index in [-0.39, 0.29) is 11.9 Å². The fourth-order valence-electron chi connectivity index (χ4n) is 3.34. The van der Waals surface area contributed by atoms with Crippen molar-refractivity contribution >= 4 is 16.9 Å². The van der Waals surface area contributed by atoms with Gasteiger partial charge in [0.1, 0.15) is 5.82 Å². The van der Waals surface area contributed by atoms with Crippen LogP contribution in [0.3, 0.4) is 0 Å². The first-order valence-electron chi connectivity index (χ1n) is 8.58. The number of carbonyl (C=O) groups excluding carboxylic acids is 1. The largest absolute Gasteiger partial charge is 0.347 e. The molecular weight excluding hydrogens is 314 g/mol. The van der Waals surface area contributed by atoms with E-state index in [2.05, 4.69) is 24.8 Å².